The predicted molar refractivity (Wildman–Crippen MR) is 97.7 cm³/mol. The molecular weight excluding hydrogens is 338 g/mol. The number of hydrogen-bond acceptors (Lipinski definition) is 5. The fourth-order valence-electron chi connectivity index (χ4n) is 2.88. The highest BCUT2D eigenvalue weighted by atomic mass is 32.2. The van der Waals surface area contributed by atoms with Crippen molar-refractivity contribution in [3.63, 3.8) is 0 Å². The molecule has 0 saturated carbocycles. The van der Waals surface area contributed by atoms with E-state index in [0.717, 1.165) is 21.9 Å². The van der Waals surface area contributed by atoms with Gasteiger partial charge in [0, 0.05) is 5.39 Å². The smallest absolute Gasteiger partial charge is 0.294 e. The Morgan fingerprint density at radius 1 is 0.920 bits per heavy atom. The van der Waals surface area contributed by atoms with Crippen LogP contribution in [0, 0.1) is 0 Å². The van der Waals surface area contributed by atoms with Crippen molar-refractivity contribution in [1.82, 2.24) is 0 Å². The number of nitrogen functional groups attached to an aromatic ring is 1. The topological polar surface area (TPSA) is 105 Å². The van der Waals surface area contributed by atoms with Gasteiger partial charge in [-0.2, -0.15) is 13.5 Å². The van der Waals surface area contributed by atoms with Crippen LogP contribution in [-0.2, 0) is 10.1 Å². The van der Waals surface area contributed by atoms with Crippen LogP contribution in [0.5, 0.6) is 0 Å². The van der Waals surface area contributed by atoms with Crippen LogP contribution in [-0.4, -0.2) is 13.0 Å². The number of anilines is 1. The van der Waals surface area contributed by atoms with Crippen LogP contribution < -0.4 is 5.73 Å². The summed E-state index contributed by atoms with van der Waals surface area (Å²) in [5.74, 6) is 0. The molecule has 1 aliphatic rings. The van der Waals surface area contributed by atoms with E-state index in [1.165, 1.54) is 24.3 Å². The van der Waals surface area contributed by atoms with Gasteiger partial charge in [0.2, 0.25) is 0 Å². The molecule has 7 heteroatoms. The number of hydrogen-bond donors (Lipinski definition) is 2. The largest absolute Gasteiger partial charge is 0.396 e. The number of nitrogens with two attached hydrogens (primary N) is 1. The maximum atomic E-state index is 11.0. The Morgan fingerprint density at radius 3 is 2.36 bits per heavy atom. The number of nitrogens with zero attached hydrogens (tertiary/aromatic N) is 2. The Hall–Kier alpha value is -3.03. The van der Waals surface area contributed by atoms with E-state index in [2.05, 4.69) is 10.2 Å². The van der Waals surface area contributed by atoms with Gasteiger partial charge < -0.3 is 5.73 Å². The molecule has 0 bridgehead atoms. The van der Waals surface area contributed by atoms with E-state index < -0.39 is 10.1 Å². The molecule has 0 atom stereocenters. The van der Waals surface area contributed by atoms with Crippen molar-refractivity contribution < 1.29 is 13.0 Å². The molecule has 0 fully saturated rings. The number of rotatable bonds is 3. The summed E-state index contributed by atoms with van der Waals surface area (Å²) in [7, 11) is -4.22. The van der Waals surface area contributed by atoms with Gasteiger partial charge in [-0.15, -0.1) is 5.11 Å². The molecule has 3 N–H and O–H groups in total. The minimum atomic E-state index is -4.22. The summed E-state index contributed by atoms with van der Waals surface area (Å²) < 4.78 is 31.1. The average Bonchev–Trinajstić information content (AvgIpc) is 3.00. The second kappa shape index (κ2) is 5.51. The molecule has 6 nitrogen and oxygen atoms in total. The molecule has 0 spiro atoms. The second-order valence-electron chi connectivity index (χ2n) is 5.67. The second-order valence-corrected chi connectivity index (χ2v) is 7.09. The van der Waals surface area contributed by atoms with Gasteiger partial charge in [-0.25, -0.2) is 0 Å². The van der Waals surface area contributed by atoms with Crippen LogP contribution in [0.3, 0.4) is 0 Å². The lowest BCUT2D eigenvalue weighted by Gasteiger charge is -2.08. The van der Waals surface area contributed by atoms with Crippen LogP contribution in [0.1, 0.15) is 11.1 Å². The van der Waals surface area contributed by atoms with Gasteiger partial charge in [0.1, 0.15) is 5.69 Å². The highest BCUT2D eigenvalue weighted by Crippen LogP contribution is 2.40. The van der Waals surface area contributed by atoms with Crippen molar-refractivity contribution in [1.29, 1.82) is 0 Å². The third kappa shape index (κ3) is 2.69. The molecule has 3 aromatic rings. The first-order chi connectivity index (χ1) is 11.9. The van der Waals surface area contributed by atoms with E-state index in [0.29, 0.717) is 17.1 Å². The maximum absolute atomic E-state index is 11.0. The fourth-order valence-corrected chi connectivity index (χ4v) is 3.36. The third-order valence-electron chi connectivity index (χ3n) is 4.09. The SMILES string of the molecule is Nc1c(N=Nc2ccc(S(=O)(=O)O)cc2)cc2c3c(cccc13)C=C2. The lowest BCUT2D eigenvalue weighted by molar-refractivity contribution is 0.483. The fraction of sp³-hybridized carbons (Fsp3) is 0. The Bertz CT molecular complexity index is 1160. The van der Waals surface area contributed by atoms with E-state index in [1.807, 2.05) is 36.4 Å². The van der Waals surface area contributed by atoms with E-state index in [9.17, 15) is 8.42 Å². The van der Waals surface area contributed by atoms with Crippen molar-refractivity contribution in [2.45, 2.75) is 4.90 Å². The van der Waals surface area contributed by atoms with Crippen LogP contribution in [0.2, 0.25) is 0 Å². The van der Waals surface area contributed by atoms with Crippen molar-refractivity contribution in [2.75, 3.05) is 5.73 Å². The van der Waals surface area contributed by atoms with Gasteiger partial charge in [-0.3, -0.25) is 4.55 Å². The normalized spacial score (nSPS) is 13.2. The molecule has 4 rings (SSSR count). The standard InChI is InChI=1S/C18H13N3O3S/c19-18-15-3-1-2-11-4-5-12(17(11)15)10-16(18)21-20-13-6-8-14(9-7-13)25(22,23)24/h1-10H,19H2,(H,22,23,24). The van der Waals surface area contributed by atoms with E-state index >= 15 is 0 Å². The number of benzene rings is 3. The first kappa shape index (κ1) is 15.5. The molecule has 0 unspecified atom stereocenters. The molecule has 0 aromatic heterocycles. The molecule has 3 aromatic carbocycles. The molecule has 1 aliphatic carbocycles. The van der Waals surface area contributed by atoms with Gasteiger partial charge in [-0.05, 0) is 46.8 Å². The first-order valence-electron chi connectivity index (χ1n) is 7.46. The summed E-state index contributed by atoms with van der Waals surface area (Å²) in [4.78, 5) is -0.192. The van der Waals surface area contributed by atoms with E-state index in [1.54, 1.807) is 0 Å². The van der Waals surface area contributed by atoms with Crippen LogP contribution >= 0.6 is 0 Å². The summed E-state index contributed by atoms with van der Waals surface area (Å²) in [6.45, 7) is 0. The lowest BCUT2D eigenvalue weighted by Crippen LogP contribution is -1.96. The summed E-state index contributed by atoms with van der Waals surface area (Å²) in [6, 6.07) is 13.3. The monoisotopic (exact) mass is 351 g/mol. The van der Waals surface area contributed by atoms with Gasteiger partial charge in [0.15, 0.2) is 0 Å². The molecule has 0 aliphatic heterocycles. The van der Waals surface area contributed by atoms with Crippen molar-refractivity contribution in [2.24, 2.45) is 10.2 Å². The van der Waals surface area contributed by atoms with Crippen molar-refractivity contribution in [3.05, 3.63) is 59.7 Å². The predicted octanol–water partition coefficient (Wildman–Crippen LogP) is 4.57. The summed E-state index contributed by atoms with van der Waals surface area (Å²) in [5, 5.41) is 10.3. The molecule has 0 amide bonds. The van der Waals surface area contributed by atoms with Gasteiger partial charge in [0.05, 0.1) is 16.3 Å². The zero-order valence-corrected chi connectivity index (χ0v) is 13.7. The molecule has 124 valence electrons. The van der Waals surface area contributed by atoms with Crippen molar-refractivity contribution in [3.8, 4) is 0 Å². The zero-order valence-electron chi connectivity index (χ0n) is 12.9. The van der Waals surface area contributed by atoms with Gasteiger partial charge in [-0.1, -0.05) is 30.4 Å². The van der Waals surface area contributed by atoms with E-state index in [4.69, 9.17) is 10.3 Å². The van der Waals surface area contributed by atoms with Gasteiger partial charge >= 0.3 is 0 Å². The number of azo groups is 1. The Balaban J connectivity index is 1.73. The average molecular weight is 351 g/mol. The van der Waals surface area contributed by atoms with Gasteiger partial charge in [0.25, 0.3) is 10.1 Å². The molecule has 0 saturated heterocycles. The minimum absolute atomic E-state index is 0.192. The van der Waals surface area contributed by atoms with Crippen LogP contribution in [0.25, 0.3) is 22.9 Å². The Kier molecular flexibility index (Phi) is 3.41. The molecule has 0 heterocycles. The molecule has 0 radical (unpaired) electrons. The van der Waals surface area contributed by atoms with Crippen LogP contribution in [0.15, 0.2) is 63.7 Å². The molecule has 25 heavy (non-hydrogen) atoms. The quantitative estimate of drug-likeness (QED) is 0.320. The molecular formula is C18H13N3O3S. The zero-order chi connectivity index (χ0) is 17.6. The third-order valence-corrected chi connectivity index (χ3v) is 4.96. The Morgan fingerprint density at radius 2 is 1.64 bits per heavy atom. The van der Waals surface area contributed by atoms with Crippen LogP contribution in [0.4, 0.5) is 17.1 Å². The lowest BCUT2D eigenvalue weighted by atomic mass is 10.0. The summed E-state index contributed by atoms with van der Waals surface area (Å²) >= 11 is 0. The summed E-state index contributed by atoms with van der Waals surface area (Å²) in [6.07, 6.45) is 4.04. The maximum Gasteiger partial charge on any atom is 0.294 e. The first-order valence-corrected chi connectivity index (χ1v) is 8.90. The Labute approximate surface area is 144 Å². The van der Waals surface area contributed by atoms with Crippen molar-refractivity contribution >= 4 is 50.1 Å². The minimum Gasteiger partial charge on any atom is -0.396 e. The highest BCUT2D eigenvalue weighted by Gasteiger charge is 2.14. The summed E-state index contributed by atoms with van der Waals surface area (Å²) in [5.41, 5.74) is 9.94. The van der Waals surface area contributed by atoms with E-state index in [-0.39, 0.29) is 4.90 Å². The highest BCUT2D eigenvalue weighted by molar-refractivity contribution is 7.85.